The van der Waals surface area contributed by atoms with Gasteiger partial charge in [0.25, 0.3) is 0 Å². The van der Waals surface area contributed by atoms with Crippen molar-refractivity contribution in [1.29, 1.82) is 0 Å². The molecule has 132 valence electrons. The van der Waals surface area contributed by atoms with E-state index in [-0.39, 0.29) is 11.4 Å². The average Bonchev–Trinajstić information content (AvgIpc) is 3.05. The lowest BCUT2D eigenvalue weighted by Gasteiger charge is -2.48. The molecule has 0 aromatic carbocycles. The van der Waals surface area contributed by atoms with Crippen LogP contribution in [0.3, 0.4) is 0 Å². The van der Waals surface area contributed by atoms with Crippen molar-refractivity contribution in [3.63, 3.8) is 0 Å². The molecule has 0 radical (unpaired) electrons. The summed E-state index contributed by atoms with van der Waals surface area (Å²) in [7, 11) is 0. The highest BCUT2D eigenvalue weighted by molar-refractivity contribution is 14.1. The van der Waals surface area contributed by atoms with Gasteiger partial charge in [0.05, 0.1) is 13.2 Å². The minimum absolute atomic E-state index is 0.0559. The van der Waals surface area contributed by atoms with Crippen LogP contribution in [0.5, 0.6) is 0 Å². The number of morpholine rings is 1. The quantitative estimate of drug-likeness (QED) is 0.561. The lowest BCUT2D eigenvalue weighted by atomic mass is 9.79. The van der Waals surface area contributed by atoms with Crippen LogP contribution < -0.4 is 5.32 Å². The van der Waals surface area contributed by atoms with E-state index in [0.717, 1.165) is 42.9 Å². The summed E-state index contributed by atoms with van der Waals surface area (Å²) in [6, 6.07) is 3.75. The number of ether oxygens (including phenoxy) is 1. The van der Waals surface area contributed by atoms with Crippen LogP contribution in [0.2, 0.25) is 0 Å². The van der Waals surface area contributed by atoms with Crippen molar-refractivity contribution < 1.29 is 13.9 Å². The van der Waals surface area contributed by atoms with Crippen molar-refractivity contribution in [1.82, 2.24) is 10.2 Å². The Morgan fingerprint density at radius 1 is 1.25 bits per heavy atom. The SMILES string of the molecule is O=C(/C=C/c1ccc(I)o1)NCC1(N2CCOCC2)CCCCC1. The van der Waals surface area contributed by atoms with E-state index in [9.17, 15) is 4.79 Å². The Morgan fingerprint density at radius 2 is 2.00 bits per heavy atom. The molecule has 2 heterocycles. The van der Waals surface area contributed by atoms with Crippen LogP contribution in [0, 0.1) is 3.77 Å². The predicted molar refractivity (Wildman–Crippen MR) is 102 cm³/mol. The summed E-state index contributed by atoms with van der Waals surface area (Å²) in [6.07, 6.45) is 9.39. The summed E-state index contributed by atoms with van der Waals surface area (Å²) in [4.78, 5) is 14.7. The first-order valence-corrected chi connectivity index (χ1v) is 9.80. The highest BCUT2D eigenvalue weighted by atomic mass is 127. The summed E-state index contributed by atoms with van der Waals surface area (Å²) in [5.74, 6) is 0.648. The molecule has 1 aromatic heterocycles. The lowest BCUT2D eigenvalue weighted by Crippen LogP contribution is -2.59. The van der Waals surface area contributed by atoms with Crippen LogP contribution >= 0.6 is 22.6 Å². The third-order valence-electron chi connectivity index (χ3n) is 5.05. The fraction of sp³-hybridized carbons (Fsp3) is 0.611. The second-order valence-electron chi connectivity index (χ2n) is 6.58. The summed E-state index contributed by atoms with van der Waals surface area (Å²) >= 11 is 2.11. The molecule has 0 atom stereocenters. The first-order chi connectivity index (χ1) is 11.7. The van der Waals surface area contributed by atoms with Gasteiger partial charge in [0.2, 0.25) is 5.91 Å². The maximum absolute atomic E-state index is 12.2. The minimum Gasteiger partial charge on any atom is -0.451 e. The van der Waals surface area contributed by atoms with Gasteiger partial charge in [-0.15, -0.1) is 0 Å². The average molecular weight is 444 g/mol. The zero-order chi connectivity index (χ0) is 16.8. The van der Waals surface area contributed by atoms with Crippen LogP contribution in [-0.4, -0.2) is 49.2 Å². The zero-order valence-corrected chi connectivity index (χ0v) is 16.1. The van der Waals surface area contributed by atoms with E-state index in [0.29, 0.717) is 12.3 Å². The van der Waals surface area contributed by atoms with E-state index in [4.69, 9.17) is 9.15 Å². The van der Waals surface area contributed by atoms with Crippen molar-refractivity contribution in [2.75, 3.05) is 32.8 Å². The standard InChI is InChI=1S/C18H25IN2O3/c19-16-6-4-15(24-16)5-7-17(22)20-14-18(8-2-1-3-9-18)21-10-12-23-13-11-21/h4-7H,1-3,8-14H2,(H,20,22)/b7-5+. The molecule has 1 saturated heterocycles. The number of rotatable bonds is 5. The number of carbonyl (C=O) groups is 1. The second kappa shape index (κ2) is 8.49. The Hall–Kier alpha value is -0.860. The fourth-order valence-corrected chi connectivity index (χ4v) is 4.17. The Labute approximate surface area is 156 Å². The number of carbonyl (C=O) groups excluding carboxylic acids is 1. The van der Waals surface area contributed by atoms with Gasteiger partial charge in [-0.25, -0.2) is 0 Å². The van der Waals surface area contributed by atoms with Crippen molar-refractivity contribution in [3.05, 3.63) is 27.7 Å². The van der Waals surface area contributed by atoms with Crippen LogP contribution in [0.1, 0.15) is 37.9 Å². The number of hydrogen-bond donors (Lipinski definition) is 1. The van der Waals surface area contributed by atoms with E-state index in [2.05, 4.69) is 32.8 Å². The molecule has 1 aromatic rings. The Kier molecular flexibility index (Phi) is 6.35. The third-order valence-corrected chi connectivity index (χ3v) is 5.63. The van der Waals surface area contributed by atoms with Gasteiger partial charge in [0, 0.05) is 31.2 Å². The summed E-state index contributed by atoms with van der Waals surface area (Å²) in [6.45, 7) is 4.25. The Bertz CT molecular complexity index is 573. The van der Waals surface area contributed by atoms with Crippen molar-refractivity contribution in [2.24, 2.45) is 0 Å². The highest BCUT2D eigenvalue weighted by Gasteiger charge is 2.38. The normalized spacial score (nSPS) is 21.9. The van der Waals surface area contributed by atoms with Gasteiger partial charge in [0.15, 0.2) is 3.77 Å². The number of halogens is 1. The molecule has 24 heavy (non-hydrogen) atoms. The summed E-state index contributed by atoms with van der Waals surface area (Å²) < 4.78 is 11.8. The summed E-state index contributed by atoms with van der Waals surface area (Å²) in [5.41, 5.74) is 0.103. The number of hydrogen-bond acceptors (Lipinski definition) is 4. The largest absolute Gasteiger partial charge is 0.451 e. The molecule has 2 fully saturated rings. The molecule has 1 aliphatic carbocycles. The number of furan rings is 1. The van der Waals surface area contributed by atoms with Crippen LogP contribution in [0.4, 0.5) is 0 Å². The first kappa shape index (κ1) is 17.9. The molecule has 1 amide bonds. The van der Waals surface area contributed by atoms with Gasteiger partial charge in [-0.3, -0.25) is 9.69 Å². The predicted octanol–water partition coefficient (Wildman–Crippen LogP) is 3.05. The molecule has 5 nitrogen and oxygen atoms in total. The maximum atomic E-state index is 12.2. The van der Waals surface area contributed by atoms with Gasteiger partial charge in [-0.2, -0.15) is 0 Å². The molecule has 1 saturated carbocycles. The number of amides is 1. The van der Waals surface area contributed by atoms with E-state index >= 15 is 0 Å². The fourth-order valence-electron chi connectivity index (χ4n) is 3.74. The molecule has 6 heteroatoms. The molecular formula is C18H25IN2O3. The van der Waals surface area contributed by atoms with E-state index in [1.807, 2.05) is 12.1 Å². The molecule has 2 aliphatic rings. The molecule has 0 bridgehead atoms. The van der Waals surface area contributed by atoms with Gasteiger partial charge in [0.1, 0.15) is 5.76 Å². The van der Waals surface area contributed by atoms with Crippen molar-refractivity contribution in [2.45, 2.75) is 37.6 Å². The monoisotopic (exact) mass is 444 g/mol. The van der Waals surface area contributed by atoms with Crippen LogP contribution in [0.15, 0.2) is 22.6 Å². The zero-order valence-electron chi connectivity index (χ0n) is 13.9. The van der Waals surface area contributed by atoms with Crippen LogP contribution in [-0.2, 0) is 9.53 Å². The Morgan fingerprint density at radius 3 is 2.67 bits per heavy atom. The van der Waals surface area contributed by atoms with E-state index < -0.39 is 0 Å². The maximum Gasteiger partial charge on any atom is 0.244 e. The van der Waals surface area contributed by atoms with Gasteiger partial charge < -0.3 is 14.5 Å². The van der Waals surface area contributed by atoms with Crippen molar-refractivity contribution in [3.8, 4) is 0 Å². The topological polar surface area (TPSA) is 54.7 Å². The van der Waals surface area contributed by atoms with Gasteiger partial charge >= 0.3 is 0 Å². The van der Waals surface area contributed by atoms with Crippen LogP contribution in [0.25, 0.3) is 6.08 Å². The van der Waals surface area contributed by atoms with Gasteiger partial charge in [-0.05, 0) is 53.6 Å². The van der Waals surface area contributed by atoms with E-state index in [1.165, 1.54) is 19.3 Å². The molecular weight excluding hydrogens is 419 g/mol. The first-order valence-electron chi connectivity index (χ1n) is 8.72. The molecule has 1 N–H and O–H groups in total. The highest BCUT2D eigenvalue weighted by Crippen LogP contribution is 2.33. The second-order valence-corrected chi connectivity index (χ2v) is 7.64. The molecule has 0 unspecified atom stereocenters. The smallest absolute Gasteiger partial charge is 0.244 e. The van der Waals surface area contributed by atoms with Crippen molar-refractivity contribution >= 4 is 34.6 Å². The summed E-state index contributed by atoms with van der Waals surface area (Å²) in [5, 5.41) is 3.12. The molecule has 0 spiro atoms. The van der Waals surface area contributed by atoms with Gasteiger partial charge in [-0.1, -0.05) is 19.3 Å². The lowest BCUT2D eigenvalue weighted by molar-refractivity contribution is -0.117. The molecule has 1 aliphatic heterocycles. The minimum atomic E-state index is -0.0559. The number of nitrogens with zero attached hydrogens (tertiary/aromatic N) is 1. The van der Waals surface area contributed by atoms with E-state index in [1.54, 1.807) is 12.2 Å². The number of nitrogens with one attached hydrogen (secondary N) is 1. The third kappa shape index (κ3) is 4.61. The Balaban J connectivity index is 1.58. The molecule has 3 rings (SSSR count).